The molecule has 2 rings (SSSR count). The molecule has 0 radical (unpaired) electrons. The highest BCUT2D eigenvalue weighted by Crippen LogP contribution is 2.51. The zero-order valence-electron chi connectivity index (χ0n) is 12.2. The standard InChI is InChI=1S/C17H21NO2/c1-12(18-16(20)15-11-17(15,2)3)14-8-4-6-13(10-14)7-5-9-19/h4,6,8,10,12,15,19H,9,11H2,1-3H3,(H,18,20). The number of benzene rings is 1. The fourth-order valence-corrected chi connectivity index (χ4v) is 2.34. The van der Waals surface area contributed by atoms with Gasteiger partial charge in [-0.25, -0.2) is 0 Å². The van der Waals surface area contributed by atoms with E-state index in [0.717, 1.165) is 17.5 Å². The molecule has 3 nitrogen and oxygen atoms in total. The van der Waals surface area contributed by atoms with Crippen LogP contribution in [-0.4, -0.2) is 17.6 Å². The van der Waals surface area contributed by atoms with E-state index in [1.54, 1.807) is 0 Å². The summed E-state index contributed by atoms with van der Waals surface area (Å²) >= 11 is 0. The summed E-state index contributed by atoms with van der Waals surface area (Å²) < 4.78 is 0. The van der Waals surface area contributed by atoms with Crippen molar-refractivity contribution < 1.29 is 9.90 Å². The molecule has 0 aromatic heterocycles. The molecule has 0 bridgehead atoms. The minimum absolute atomic E-state index is 0.0326. The first-order chi connectivity index (χ1) is 9.44. The zero-order valence-corrected chi connectivity index (χ0v) is 12.2. The van der Waals surface area contributed by atoms with Gasteiger partial charge in [-0.2, -0.15) is 0 Å². The number of hydrogen-bond donors (Lipinski definition) is 2. The van der Waals surface area contributed by atoms with Crippen LogP contribution in [0.4, 0.5) is 0 Å². The molecule has 1 aliphatic carbocycles. The second-order valence-corrected chi connectivity index (χ2v) is 6.06. The van der Waals surface area contributed by atoms with Gasteiger partial charge in [-0.05, 0) is 36.5 Å². The maximum absolute atomic E-state index is 12.1. The largest absolute Gasteiger partial charge is 0.384 e. The summed E-state index contributed by atoms with van der Waals surface area (Å²) in [4.78, 5) is 12.1. The van der Waals surface area contributed by atoms with E-state index < -0.39 is 0 Å². The van der Waals surface area contributed by atoms with Crippen molar-refractivity contribution in [1.82, 2.24) is 5.32 Å². The van der Waals surface area contributed by atoms with Crippen LogP contribution in [0, 0.1) is 23.2 Å². The monoisotopic (exact) mass is 271 g/mol. The van der Waals surface area contributed by atoms with Crippen LogP contribution in [0.15, 0.2) is 24.3 Å². The first-order valence-electron chi connectivity index (χ1n) is 6.94. The van der Waals surface area contributed by atoms with E-state index in [4.69, 9.17) is 5.11 Å². The van der Waals surface area contributed by atoms with Crippen LogP contribution in [0.1, 0.15) is 44.4 Å². The highest BCUT2D eigenvalue weighted by atomic mass is 16.2. The van der Waals surface area contributed by atoms with Gasteiger partial charge >= 0.3 is 0 Å². The predicted octanol–water partition coefficient (Wildman–Crippen LogP) is 2.25. The third-order valence-electron chi connectivity index (χ3n) is 3.89. The molecular formula is C17H21NO2. The van der Waals surface area contributed by atoms with E-state index >= 15 is 0 Å². The second-order valence-electron chi connectivity index (χ2n) is 6.06. The lowest BCUT2D eigenvalue weighted by Gasteiger charge is -2.15. The molecule has 1 aliphatic rings. The van der Waals surface area contributed by atoms with E-state index in [-0.39, 0.29) is 29.9 Å². The lowest BCUT2D eigenvalue weighted by molar-refractivity contribution is -0.123. The molecule has 0 saturated heterocycles. The van der Waals surface area contributed by atoms with Gasteiger partial charge in [-0.15, -0.1) is 0 Å². The number of aliphatic hydroxyl groups excluding tert-OH is 1. The molecule has 2 atom stereocenters. The molecule has 0 spiro atoms. The smallest absolute Gasteiger partial charge is 0.224 e. The van der Waals surface area contributed by atoms with Gasteiger partial charge in [0.15, 0.2) is 0 Å². The molecule has 0 aliphatic heterocycles. The first-order valence-corrected chi connectivity index (χ1v) is 6.94. The summed E-state index contributed by atoms with van der Waals surface area (Å²) in [6.45, 7) is 6.07. The quantitative estimate of drug-likeness (QED) is 0.828. The SMILES string of the molecule is CC(NC(=O)C1CC1(C)C)c1cccc(C#CCO)c1. The van der Waals surface area contributed by atoms with Gasteiger partial charge in [-0.1, -0.05) is 37.8 Å². The van der Waals surface area contributed by atoms with Crippen LogP contribution in [0.5, 0.6) is 0 Å². The normalized spacial score (nSPS) is 20.5. The molecule has 3 heteroatoms. The number of carbonyl (C=O) groups is 1. The third kappa shape index (κ3) is 3.40. The Hall–Kier alpha value is -1.79. The summed E-state index contributed by atoms with van der Waals surface area (Å²) in [5.41, 5.74) is 2.03. The Kier molecular flexibility index (Phi) is 4.15. The Bertz CT molecular complexity index is 566. The lowest BCUT2D eigenvalue weighted by atomic mass is 10.0. The molecule has 2 unspecified atom stereocenters. The van der Waals surface area contributed by atoms with E-state index in [1.807, 2.05) is 31.2 Å². The Morgan fingerprint density at radius 1 is 1.55 bits per heavy atom. The summed E-state index contributed by atoms with van der Waals surface area (Å²) in [5, 5.41) is 11.8. The Morgan fingerprint density at radius 2 is 2.25 bits per heavy atom. The van der Waals surface area contributed by atoms with Crippen molar-refractivity contribution in [2.24, 2.45) is 11.3 Å². The highest BCUT2D eigenvalue weighted by molar-refractivity contribution is 5.82. The average molecular weight is 271 g/mol. The van der Waals surface area contributed by atoms with Crippen molar-refractivity contribution in [2.75, 3.05) is 6.61 Å². The van der Waals surface area contributed by atoms with Crippen molar-refractivity contribution in [3.63, 3.8) is 0 Å². The maximum Gasteiger partial charge on any atom is 0.224 e. The van der Waals surface area contributed by atoms with Gasteiger partial charge in [0.2, 0.25) is 5.91 Å². The Labute approximate surface area is 120 Å². The molecule has 2 N–H and O–H groups in total. The van der Waals surface area contributed by atoms with Crippen molar-refractivity contribution in [3.8, 4) is 11.8 Å². The minimum atomic E-state index is -0.146. The maximum atomic E-state index is 12.1. The summed E-state index contributed by atoms with van der Waals surface area (Å²) in [7, 11) is 0. The fraction of sp³-hybridized carbons (Fsp3) is 0.471. The lowest BCUT2D eigenvalue weighted by Crippen LogP contribution is -2.29. The summed E-state index contributed by atoms with van der Waals surface area (Å²) in [5.74, 6) is 5.78. The van der Waals surface area contributed by atoms with E-state index in [2.05, 4.69) is 31.0 Å². The van der Waals surface area contributed by atoms with Crippen molar-refractivity contribution in [1.29, 1.82) is 0 Å². The van der Waals surface area contributed by atoms with E-state index in [9.17, 15) is 4.79 Å². The number of aliphatic hydroxyl groups is 1. The number of hydrogen-bond acceptors (Lipinski definition) is 2. The molecule has 1 fully saturated rings. The fourth-order valence-electron chi connectivity index (χ4n) is 2.34. The van der Waals surface area contributed by atoms with E-state index in [1.165, 1.54) is 0 Å². The van der Waals surface area contributed by atoms with Crippen molar-refractivity contribution >= 4 is 5.91 Å². The Morgan fingerprint density at radius 3 is 2.85 bits per heavy atom. The molecule has 106 valence electrons. The van der Waals surface area contributed by atoms with Gasteiger partial charge in [0, 0.05) is 11.5 Å². The molecule has 1 amide bonds. The highest BCUT2D eigenvalue weighted by Gasteiger charge is 2.50. The van der Waals surface area contributed by atoms with Crippen LogP contribution in [0.3, 0.4) is 0 Å². The summed E-state index contributed by atoms with van der Waals surface area (Å²) in [6.07, 6.45) is 0.966. The number of rotatable bonds is 3. The van der Waals surface area contributed by atoms with E-state index in [0.29, 0.717) is 0 Å². The predicted molar refractivity (Wildman–Crippen MR) is 78.9 cm³/mol. The molecule has 0 heterocycles. The molecule has 1 aromatic rings. The third-order valence-corrected chi connectivity index (χ3v) is 3.89. The van der Waals surface area contributed by atoms with Crippen LogP contribution < -0.4 is 5.32 Å². The van der Waals surface area contributed by atoms with Crippen molar-refractivity contribution in [3.05, 3.63) is 35.4 Å². The topological polar surface area (TPSA) is 49.3 Å². The first kappa shape index (κ1) is 14.6. The van der Waals surface area contributed by atoms with Gasteiger partial charge < -0.3 is 10.4 Å². The van der Waals surface area contributed by atoms with Crippen molar-refractivity contribution in [2.45, 2.75) is 33.2 Å². The van der Waals surface area contributed by atoms with Gasteiger partial charge in [-0.3, -0.25) is 4.79 Å². The van der Waals surface area contributed by atoms with Gasteiger partial charge in [0.05, 0.1) is 6.04 Å². The van der Waals surface area contributed by atoms with Crippen LogP contribution in [0.25, 0.3) is 0 Å². The second kappa shape index (κ2) is 5.68. The molecule has 1 saturated carbocycles. The Balaban J connectivity index is 2.02. The molecular weight excluding hydrogens is 250 g/mol. The van der Waals surface area contributed by atoms with Gasteiger partial charge in [0.25, 0.3) is 0 Å². The zero-order chi connectivity index (χ0) is 14.8. The number of carbonyl (C=O) groups excluding carboxylic acids is 1. The minimum Gasteiger partial charge on any atom is -0.384 e. The summed E-state index contributed by atoms with van der Waals surface area (Å²) in [6, 6.07) is 7.71. The van der Waals surface area contributed by atoms with Gasteiger partial charge in [0.1, 0.15) is 6.61 Å². The average Bonchev–Trinajstić information content (AvgIpc) is 3.06. The van der Waals surface area contributed by atoms with Crippen LogP contribution in [-0.2, 0) is 4.79 Å². The number of nitrogens with one attached hydrogen (secondary N) is 1. The van der Waals surface area contributed by atoms with Crippen LogP contribution >= 0.6 is 0 Å². The molecule has 1 aromatic carbocycles. The number of amides is 1. The van der Waals surface area contributed by atoms with Crippen LogP contribution in [0.2, 0.25) is 0 Å². The molecule has 20 heavy (non-hydrogen) atoms.